The number of halogens is 1. The summed E-state index contributed by atoms with van der Waals surface area (Å²) < 4.78 is 32.6. The Balaban J connectivity index is 1.58. The van der Waals surface area contributed by atoms with Gasteiger partial charge in [0.05, 0.1) is 19.8 Å². The maximum atomic E-state index is 15.4. The minimum absolute atomic E-state index is 0.0813. The van der Waals surface area contributed by atoms with Gasteiger partial charge in [-0.2, -0.15) is 0 Å². The topological polar surface area (TPSA) is 79.0 Å². The van der Waals surface area contributed by atoms with E-state index in [1.807, 2.05) is 36.4 Å². The fourth-order valence-electron chi connectivity index (χ4n) is 4.83. The third-order valence-corrected chi connectivity index (χ3v) is 6.42. The highest BCUT2D eigenvalue weighted by Crippen LogP contribution is 2.54. The van der Waals surface area contributed by atoms with Crippen molar-refractivity contribution < 1.29 is 18.6 Å². The van der Waals surface area contributed by atoms with Gasteiger partial charge in [-0.1, -0.05) is 18.2 Å². The number of pyridine rings is 1. The van der Waals surface area contributed by atoms with Crippen molar-refractivity contribution in [2.75, 3.05) is 19.8 Å². The lowest BCUT2D eigenvalue weighted by molar-refractivity contribution is 0.164. The van der Waals surface area contributed by atoms with Crippen LogP contribution in [0.4, 0.5) is 4.39 Å². The normalized spacial score (nSPS) is 21.2. The largest absolute Gasteiger partial charge is 0.465 e. The van der Waals surface area contributed by atoms with Crippen LogP contribution in [0.25, 0.3) is 16.7 Å². The third-order valence-electron chi connectivity index (χ3n) is 6.42. The molecule has 4 heterocycles. The predicted molar refractivity (Wildman–Crippen MR) is 123 cm³/mol. The second-order valence-corrected chi connectivity index (χ2v) is 8.37. The quantitative estimate of drug-likeness (QED) is 0.617. The molecule has 0 fully saturated rings. The summed E-state index contributed by atoms with van der Waals surface area (Å²) >= 11 is 0. The zero-order chi connectivity index (χ0) is 22.4. The second-order valence-electron chi connectivity index (χ2n) is 8.37. The van der Waals surface area contributed by atoms with E-state index in [1.165, 1.54) is 6.07 Å². The molecule has 1 aromatic heterocycles. The Hall–Kier alpha value is -3.71. The number of nitrogens with zero attached hydrogens (tertiary/aromatic N) is 2. The van der Waals surface area contributed by atoms with E-state index >= 15 is 4.39 Å². The molecule has 0 saturated heterocycles. The number of fused-ring (bicyclic) bond motifs is 4. The Kier molecular flexibility index (Phi) is 4.66. The molecule has 1 atom stereocenters. The zero-order valence-corrected chi connectivity index (χ0v) is 17.9. The first-order valence-electron chi connectivity index (χ1n) is 11.0. The summed E-state index contributed by atoms with van der Waals surface area (Å²) in [5, 5.41) is 0. The summed E-state index contributed by atoms with van der Waals surface area (Å²) in [4.78, 5) is 9.01. The van der Waals surface area contributed by atoms with Gasteiger partial charge in [0.25, 0.3) is 6.02 Å². The molecule has 0 radical (unpaired) electrons. The van der Waals surface area contributed by atoms with Gasteiger partial charge < -0.3 is 19.9 Å². The van der Waals surface area contributed by atoms with Crippen LogP contribution in [0.3, 0.4) is 0 Å². The first-order valence-corrected chi connectivity index (χ1v) is 11.0. The number of rotatable bonds is 2. The van der Waals surface area contributed by atoms with Crippen LogP contribution in [0.5, 0.6) is 11.5 Å². The van der Waals surface area contributed by atoms with Gasteiger partial charge in [0, 0.05) is 35.5 Å². The van der Waals surface area contributed by atoms with Crippen molar-refractivity contribution in [3.05, 3.63) is 83.4 Å². The SMILES string of the molecule is NC1=NC2(CCO1)c1cc(-c3cccnc3)ccc1Oc1c(F)cc(C3=CCCOC3)cc12. The van der Waals surface area contributed by atoms with Gasteiger partial charge in [-0.25, -0.2) is 9.38 Å². The first kappa shape index (κ1) is 19.9. The number of nitrogens with two attached hydrogens (primary N) is 1. The van der Waals surface area contributed by atoms with Crippen LogP contribution in [0, 0.1) is 5.82 Å². The molecular formula is C26H22FN3O3. The monoisotopic (exact) mass is 443 g/mol. The molecule has 3 aliphatic rings. The fourth-order valence-corrected chi connectivity index (χ4v) is 4.83. The summed E-state index contributed by atoms with van der Waals surface area (Å²) in [6, 6.07) is 13.3. The van der Waals surface area contributed by atoms with E-state index in [0.29, 0.717) is 37.6 Å². The molecule has 0 saturated carbocycles. The van der Waals surface area contributed by atoms with Gasteiger partial charge in [0.1, 0.15) is 11.3 Å². The molecule has 6 nitrogen and oxygen atoms in total. The van der Waals surface area contributed by atoms with Crippen molar-refractivity contribution in [2.45, 2.75) is 18.4 Å². The molecule has 2 aromatic carbocycles. The minimum atomic E-state index is -0.920. The Bertz CT molecular complexity index is 1310. The number of hydrogen-bond acceptors (Lipinski definition) is 6. The molecule has 166 valence electrons. The molecule has 6 rings (SSSR count). The van der Waals surface area contributed by atoms with E-state index in [2.05, 4.69) is 11.1 Å². The zero-order valence-electron chi connectivity index (χ0n) is 17.9. The van der Waals surface area contributed by atoms with E-state index in [0.717, 1.165) is 34.2 Å². The molecule has 1 unspecified atom stereocenters. The van der Waals surface area contributed by atoms with Crippen molar-refractivity contribution in [3.8, 4) is 22.6 Å². The van der Waals surface area contributed by atoms with Crippen LogP contribution in [-0.4, -0.2) is 30.8 Å². The summed E-state index contributed by atoms with van der Waals surface area (Å²) in [5.41, 5.74) is 10.3. The maximum absolute atomic E-state index is 15.4. The number of aliphatic imine (C=N–C) groups is 1. The van der Waals surface area contributed by atoms with Crippen molar-refractivity contribution in [1.29, 1.82) is 0 Å². The predicted octanol–water partition coefficient (Wildman–Crippen LogP) is 4.78. The Morgan fingerprint density at radius 3 is 2.70 bits per heavy atom. The van der Waals surface area contributed by atoms with Gasteiger partial charge >= 0.3 is 0 Å². The van der Waals surface area contributed by atoms with Crippen molar-refractivity contribution in [2.24, 2.45) is 10.7 Å². The average Bonchev–Trinajstić information content (AvgIpc) is 2.86. The smallest absolute Gasteiger partial charge is 0.283 e. The minimum Gasteiger partial charge on any atom is -0.465 e. The summed E-state index contributed by atoms with van der Waals surface area (Å²) in [6.45, 7) is 1.48. The van der Waals surface area contributed by atoms with Crippen LogP contribution >= 0.6 is 0 Å². The van der Waals surface area contributed by atoms with Crippen LogP contribution in [0.2, 0.25) is 0 Å². The highest BCUT2D eigenvalue weighted by atomic mass is 19.1. The van der Waals surface area contributed by atoms with Crippen molar-refractivity contribution >= 4 is 11.6 Å². The van der Waals surface area contributed by atoms with Gasteiger partial charge in [-0.15, -0.1) is 0 Å². The molecule has 3 aliphatic heterocycles. The Morgan fingerprint density at radius 1 is 1.00 bits per heavy atom. The molecular weight excluding hydrogens is 421 g/mol. The van der Waals surface area contributed by atoms with Gasteiger partial charge in [0.2, 0.25) is 0 Å². The van der Waals surface area contributed by atoms with E-state index in [4.69, 9.17) is 24.9 Å². The maximum Gasteiger partial charge on any atom is 0.283 e. The molecule has 0 amide bonds. The lowest BCUT2D eigenvalue weighted by Gasteiger charge is -2.40. The van der Waals surface area contributed by atoms with Crippen LogP contribution in [-0.2, 0) is 15.0 Å². The molecule has 3 aromatic rings. The van der Waals surface area contributed by atoms with Crippen LogP contribution in [0.1, 0.15) is 29.5 Å². The highest BCUT2D eigenvalue weighted by Gasteiger charge is 2.46. The van der Waals surface area contributed by atoms with Crippen LogP contribution in [0.15, 0.2) is 65.9 Å². The van der Waals surface area contributed by atoms with Gasteiger partial charge in [0.15, 0.2) is 11.6 Å². The number of ether oxygens (including phenoxy) is 3. The first-order chi connectivity index (χ1) is 16.1. The molecule has 7 heteroatoms. The number of amidine groups is 1. The van der Waals surface area contributed by atoms with Crippen molar-refractivity contribution in [3.63, 3.8) is 0 Å². The molecule has 0 aliphatic carbocycles. The molecule has 0 bridgehead atoms. The Labute approximate surface area is 190 Å². The molecule has 33 heavy (non-hydrogen) atoms. The van der Waals surface area contributed by atoms with E-state index < -0.39 is 11.4 Å². The van der Waals surface area contributed by atoms with E-state index in [1.54, 1.807) is 12.4 Å². The number of hydrogen-bond donors (Lipinski definition) is 1. The summed E-state index contributed by atoms with van der Waals surface area (Å²) in [7, 11) is 0. The van der Waals surface area contributed by atoms with Crippen molar-refractivity contribution in [1.82, 2.24) is 4.98 Å². The highest BCUT2D eigenvalue weighted by molar-refractivity contribution is 5.77. The van der Waals surface area contributed by atoms with Crippen LogP contribution < -0.4 is 10.5 Å². The average molecular weight is 443 g/mol. The summed E-state index contributed by atoms with van der Waals surface area (Å²) in [6.07, 6.45) is 6.94. The second kappa shape index (κ2) is 7.71. The van der Waals surface area contributed by atoms with E-state index in [-0.39, 0.29) is 11.8 Å². The number of benzene rings is 2. The van der Waals surface area contributed by atoms with E-state index in [9.17, 15) is 0 Å². The van der Waals surface area contributed by atoms with Gasteiger partial charge in [-0.05, 0) is 53.5 Å². The lowest BCUT2D eigenvalue weighted by Crippen LogP contribution is -2.39. The third kappa shape index (κ3) is 3.27. The standard InChI is InChI=1S/C26H22FN3O3/c27-22-13-19(18-4-2-9-31-15-18)12-21-24(22)33-23-6-5-16(17-3-1-8-29-14-17)11-20(23)26(21)7-10-32-25(28)30-26/h1,3-6,8,11-14H,2,7,9-10,15H2,(H2,28,30). The lowest BCUT2D eigenvalue weighted by atomic mass is 9.76. The summed E-state index contributed by atoms with van der Waals surface area (Å²) in [5.74, 6) is 0.298. The molecule has 2 N–H and O–H groups in total. The Morgan fingerprint density at radius 2 is 1.91 bits per heavy atom. The molecule has 1 spiro atoms. The van der Waals surface area contributed by atoms with Gasteiger partial charge in [-0.3, -0.25) is 4.98 Å². The fraction of sp³-hybridized carbons (Fsp3) is 0.231. The number of aromatic nitrogens is 1.